The summed E-state index contributed by atoms with van der Waals surface area (Å²) in [5.41, 5.74) is 2.62. The van der Waals surface area contributed by atoms with E-state index in [4.69, 9.17) is 4.52 Å². The van der Waals surface area contributed by atoms with Gasteiger partial charge < -0.3 is 14.5 Å². The molecule has 1 atom stereocenters. The van der Waals surface area contributed by atoms with Gasteiger partial charge in [0.25, 0.3) is 5.91 Å². The van der Waals surface area contributed by atoms with Gasteiger partial charge in [0.1, 0.15) is 11.6 Å². The molecule has 0 aliphatic carbocycles. The van der Waals surface area contributed by atoms with E-state index in [1.165, 1.54) is 0 Å². The fourth-order valence-electron chi connectivity index (χ4n) is 3.82. The van der Waals surface area contributed by atoms with Crippen LogP contribution in [0.15, 0.2) is 29.2 Å². The smallest absolute Gasteiger partial charge is 0.276 e. The van der Waals surface area contributed by atoms with E-state index in [0.29, 0.717) is 42.5 Å². The molecule has 0 radical (unpaired) electrons. The Morgan fingerprint density at radius 3 is 3.00 bits per heavy atom. The van der Waals surface area contributed by atoms with Gasteiger partial charge in [-0.2, -0.15) is 5.10 Å². The summed E-state index contributed by atoms with van der Waals surface area (Å²) >= 11 is 0. The summed E-state index contributed by atoms with van der Waals surface area (Å²) in [6.07, 6.45) is 6.97. The molecule has 29 heavy (non-hydrogen) atoms. The quantitative estimate of drug-likeness (QED) is 0.700. The highest BCUT2D eigenvalue weighted by atomic mass is 16.5. The molecular formula is C20H24N6O3. The standard InChI is InChI=1S/C20H24N6O3/c1-13-17(11-26-8-4-6-22-26)19(24-29-13)20(28)25-7-3-5-15(10-25)18-16(12-27)9-21-14(2)23-18/h4,6,8-9,15,27H,3,5,7,10-12H2,1-2H3. The number of rotatable bonds is 5. The molecule has 1 aliphatic rings. The molecule has 1 unspecified atom stereocenters. The third-order valence-corrected chi connectivity index (χ3v) is 5.35. The average molecular weight is 396 g/mol. The van der Waals surface area contributed by atoms with Crippen molar-refractivity contribution >= 4 is 5.91 Å². The van der Waals surface area contributed by atoms with Gasteiger partial charge in [-0.1, -0.05) is 5.16 Å². The Balaban J connectivity index is 1.57. The van der Waals surface area contributed by atoms with Gasteiger partial charge in [-0.15, -0.1) is 0 Å². The Kier molecular flexibility index (Phi) is 5.39. The summed E-state index contributed by atoms with van der Waals surface area (Å²) in [6.45, 7) is 5.13. The van der Waals surface area contributed by atoms with Crippen LogP contribution in [0.2, 0.25) is 0 Å². The Bertz CT molecular complexity index is 998. The lowest BCUT2D eigenvalue weighted by Crippen LogP contribution is -2.40. The summed E-state index contributed by atoms with van der Waals surface area (Å²) in [5, 5.41) is 17.9. The first-order valence-corrected chi connectivity index (χ1v) is 9.72. The van der Waals surface area contributed by atoms with E-state index < -0.39 is 0 Å². The van der Waals surface area contributed by atoms with E-state index in [1.807, 2.05) is 19.2 Å². The van der Waals surface area contributed by atoms with Crippen LogP contribution in [0.4, 0.5) is 0 Å². The number of carbonyl (C=O) groups excluding carboxylic acids is 1. The van der Waals surface area contributed by atoms with Crippen molar-refractivity contribution in [1.82, 2.24) is 29.8 Å². The Morgan fingerprint density at radius 1 is 1.38 bits per heavy atom. The lowest BCUT2D eigenvalue weighted by molar-refractivity contribution is 0.0693. The van der Waals surface area contributed by atoms with Gasteiger partial charge in [0.2, 0.25) is 0 Å². The van der Waals surface area contributed by atoms with E-state index in [2.05, 4.69) is 20.2 Å². The topological polar surface area (TPSA) is 110 Å². The van der Waals surface area contributed by atoms with Crippen molar-refractivity contribution in [2.75, 3.05) is 13.1 Å². The molecule has 9 heteroatoms. The molecule has 1 saturated heterocycles. The average Bonchev–Trinajstić information content (AvgIpc) is 3.38. The van der Waals surface area contributed by atoms with Crippen LogP contribution in [-0.2, 0) is 13.2 Å². The minimum atomic E-state index is -0.148. The number of aryl methyl sites for hydroxylation is 2. The number of likely N-dealkylation sites (tertiary alicyclic amines) is 1. The molecule has 3 aromatic heterocycles. The molecule has 0 aromatic carbocycles. The number of nitrogens with zero attached hydrogens (tertiary/aromatic N) is 6. The van der Waals surface area contributed by atoms with E-state index in [0.717, 1.165) is 24.1 Å². The molecule has 0 bridgehead atoms. The maximum absolute atomic E-state index is 13.3. The Hall–Kier alpha value is -3.07. The molecule has 1 fully saturated rings. The largest absolute Gasteiger partial charge is 0.392 e. The second kappa shape index (κ2) is 8.12. The second-order valence-corrected chi connectivity index (χ2v) is 7.35. The summed E-state index contributed by atoms with van der Waals surface area (Å²) in [7, 11) is 0. The van der Waals surface area contributed by atoms with Crippen LogP contribution < -0.4 is 0 Å². The molecule has 4 rings (SSSR count). The highest BCUT2D eigenvalue weighted by Gasteiger charge is 2.31. The molecule has 9 nitrogen and oxygen atoms in total. The number of aliphatic hydroxyl groups excluding tert-OH is 1. The van der Waals surface area contributed by atoms with Crippen LogP contribution in [0.3, 0.4) is 0 Å². The van der Waals surface area contributed by atoms with Crippen LogP contribution in [-0.4, -0.2) is 53.9 Å². The number of aliphatic hydroxyl groups is 1. The molecular weight excluding hydrogens is 372 g/mol. The van der Waals surface area contributed by atoms with Gasteiger partial charge >= 0.3 is 0 Å². The predicted octanol–water partition coefficient (Wildman–Crippen LogP) is 1.84. The third kappa shape index (κ3) is 3.91. The van der Waals surface area contributed by atoms with Gasteiger partial charge in [-0.05, 0) is 32.8 Å². The molecule has 4 heterocycles. The monoisotopic (exact) mass is 396 g/mol. The molecule has 3 aromatic rings. The van der Waals surface area contributed by atoms with Crippen molar-refractivity contribution in [3.8, 4) is 0 Å². The van der Waals surface area contributed by atoms with Crippen LogP contribution in [0.1, 0.15) is 57.7 Å². The second-order valence-electron chi connectivity index (χ2n) is 7.35. The third-order valence-electron chi connectivity index (χ3n) is 5.35. The zero-order chi connectivity index (χ0) is 20.4. The van der Waals surface area contributed by atoms with E-state index >= 15 is 0 Å². The minimum Gasteiger partial charge on any atom is -0.392 e. The molecule has 1 amide bonds. The number of carbonyl (C=O) groups is 1. The molecule has 0 saturated carbocycles. The molecule has 0 spiro atoms. The summed E-state index contributed by atoms with van der Waals surface area (Å²) in [4.78, 5) is 23.8. The van der Waals surface area contributed by atoms with Gasteiger partial charge in [-0.25, -0.2) is 9.97 Å². The lowest BCUT2D eigenvalue weighted by atomic mass is 9.91. The van der Waals surface area contributed by atoms with Crippen molar-refractivity contribution in [3.05, 3.63) is 58.8 Å². The molecule has 152 valence electrons. The normalized spacial score (nSPS) is 16.9. The van der Waals surface area contributed by atoms with E-state index in [-0.39, 0.29) is 18.4 Å². The first-order valence-electron chi connectivity index (χ1n) is 9.72. The van der Waals surface area contributed by atoms with Crippen LogP contribution in [0.25, 0.3) is 0 Å². The molecule has 1 aliphatic heterocycles. The Labute approximate surface area is 168 Å². The number of hydrogen-bond donors (Lipinski definition) is 1. The van der Waals surface area contributed by atoms with Crippen molar-refractivity contribution in [3.63, 3.8) is 0 Å². The van der Waals surface area contributed by atoms with Crippen molar-refractivity contribution < 1.29 is 14.4 Å². The summed E-state index contributed by atoms with van der Waals surface area (Å²) in [5.74, 6) is 1.19. The molecule has 1 N–H and O–H groups in total. The fourth-order valence-corrected chi connectivity index (χ4v) is 3.82. The zero-order valence-electron chi connectivity index (χ0n) is 16.6. The predicted molar refractivity (Wildman–Crippen MR) is 103 cm³/mol. The fraction of sp³-hybridized carbons (Fsp3) is 0.450. The van der Waals surface area contributed by atoms with Gasteiger partial charge in [0.05, 0.1) is 18.8 Å². The van der Waals surface area contributed by atoms with Crippen molar-refractivity contribution in [2.45, 2.75) is 45.8 Å². The highest BCUT2D eigenvalue weighted by molar-refractivity contribution is 5.94. The lowest BCUT2D eigenvalue weighted by Gasteiger charge is -2.33. The van der Waals surface area contributed by atoms with Crippen molar-refractivity contribution in [1.29, 1.82) is 0 Å². The van der Waals surface area contributed by atoms with E-state index in [1.54, 1.807) is 28.9 Å². The highest BCUT2D eigenvalue weighted by Crippen LogP contribution is 2.29. The van der Waals surface area contributed by atoms with Crippen LogP contribution >= 0.6 is 0 Å². The van der Waals surface area contributed by atoms with Gasteiger partial charge in [0, 0.05) is 48.7 Å². The first kappa shape index (κ1) is 19.3. The number of aromatic nitrogens is 5. The summed E-state index contributed by atoms with van der Waals surface area (Å²) in [6, 6.07) is 1.84. The minimum absolute atomic E-state index is 0.0547. The van der Waals surface area contributed by atoms with Gasteiger partial charge in [-0.3, -0.25) is 9.48 Å². The maximum Gasteiger partial charge on any atom is 0.276 e. The van der Waals surface area contributed by atoms with E-state index in [9.17, 15) is 9.90 Å². The zero-order valence-corrected chi connectivity index (χ0v) is 16.6. The Morgan fingerprint density at radius 2 is 2.24 bits per heavy atom. The number of hydrogen-bond acceptors (Lipinski definition) is 7. The van der Waals surface area contributed by atoms with Crippen LogP contribution in [0, 0.1) is 13.8 Å². The SMILES string of the molecule is Cc1ncc(CO)c(C2CCCN(C(=O)c3noc(C)c3Cn3cccn3)C2)n1. The van der Waals surface area contributed by atoms with Crippen molar-refractivity contribution in [2.24, 2.45) is 0 Å². The maximum atomic E-state index is 13.3. The number of amides is 1. The first-order chi connectivity index (χ1) is 14.1. The number of piperidine rings is 1. The summed E-state index contributed by atoms with van der Waals surface area (Å²) < 4.78 is 7.07. The van der Waals surface area contributed by atoms with Crippen LogP contribution in [0.5, 0.6) is 0 Å². The van der Waals surface area contributed by atoms with Gasteiger partial charge in [0.15, 0.2) is 5.69 Å².